The first-order valence-electron chi connectivity index (χ1n) is 4.66. The summed E-state index contributed by atoms with van der Waals surface area (Å²) in [7, 11) is 1.66. The predicted octanol–water partition coefficient (Wildman–Crippen LogP) is 2.55. The Balaban J connectivity index is 2.88. The van der Waals surface area contributed by atoms with E-state index in [1.807, 2.05) is 12.1 Å². The topological polar surface area (TPSA) is 35.2 Å². The van der Waals surface area contributed by atoms with Crippen molar-refractivity contribution in [3.05, 3.63) is 34.3 Å². The molecule has 1 unspecified atom stereocenters. The van der Waals surface area contributed by atoms with E-state index in [0.717, 1.165) is 10.6 Å². The lowest BCUT2D eigenvalue weighted by Crippen LogP contribution is -2.08. The fraction of sp³-hybridized carbons (Fsp3) is 0.455. The number of nitrogens with two attached hydrogens (primary N) is 1. The molecule has 0 saturated carbocycles. The van der Waals surface area contributed by atoms with E-state index >= 15 is 0 Å². The second kappa shape index (κ2) is 5.35. The highest BCUT2D eigenvalue weighted by atomic mass is 35.5. The molecule has 1 aromatic rings. The molecule has 1 atom stereocenters. The third-order valence-electron chi connectivity index (χ3n) is 2.30. The molecule has 14 heavy (non-hydrogen) atoms. The van der Waals surface area contributed by atoms with E-state index in [1.54, 1.807) is 7.11 Å². The maximum atomic E-state index is 6.09. The molecular weight excluding hydrogens is 198 g/mol. The van der Waals surface area contributed by atoms with Gasteiger partial charge in [0, 0.05) is 12.1 Å². The Morgan fingerprint density at radius 1 is 1.50 bits per heavy atom. The monoisotopic (exact) mass is 213 g/mol. The molecule has 0 radical (unpaired) electrons. The van der Waals surface area contributed by atoms with Crippen LogP contribution in [0, 0.1) is 0 Å². The van der Waals surface area contributed by atoms with Crippen LogP contribution in [0.15, 0.2) is 18.2 Å². The molecule has 0 aromatic heterocycles. The number of halogens is 1. The van der Waals surface area contributed by atoms with E-state index < -0.39 is 0 Å². The van der Waals surface area contributed by atoms with E-state index in [2.05, 4.69) is 13.0 Å². The van der Waals surface area contributed by atoms with Gasteiger partial charge < -0.3 is 10.5 Å². The maximum Gasteiger partial charge on any atom is 0.0727 e. The molecule has 0 fully saturated rings. The van der Waals surface area contributed by atoms with Crippen LogP contribution in [-0.4, -0.2) is 13.7 Å². The highest BCUT2D eigenvalue weighted by molar-refractivity contribution is 6.31. The molecule has 78 valence electrons. The molecule has 1 rings (SSSR count). The summed E-state index contributed by atoms with van der Waals surface area (Å²) in [4.78, 5) is 0. The minimum absolute atomic E-state index is 0.351. The molecular formula is C11H16ClNO. The van der Waals surface area contributed by atoms with Gasteiger partial charge >= 0.3 is 0 Å². The fourth-order valence-corrected chi connectivity index (χ4v) is 1.52. The summed E-state index contributed by atoms with van der Waals surface area (Å²) in [6.07, 6.45) is 0. The van der Waals surface area contributed by atoms with Gasteiger partial charge in [0.05, 0.1) is 6.61 Å². The van der Waals surface area contributed by atoms with Crippen molar-refractivity contribution in [2.45, 2.75) is 19.4 Å². The van der Waals surface area contributed by atoms with Crippen LogP contribution in [0.2, 0.25) is 5.02 Å². The van der Waals surface area contributed by atoms with Crippen LogP contribution < -0.4 is 5.73 Å². The molecule has 0 aliphatic carbocycles. The molecule has 0 spiro atoms. The van der Waals surface area contributed by atoms with Gasteiger partial charge in [-0.15, -0.1) is 0 Å². The first-order valence-corrected chi connectivity index (χ1v) is 5.04. The van der Waals surface area contributed by atoms with E-state index in [1.165, 1.54) is 5.56 Å². The average Bonchev–Trinajstić information content (AvgIpc) is 2.20. The number of methoxy groups -OCH3 is 1. The number of hydrogen-bond donors (Lipinski definition) is 1. The minimum Gasteiger partial charge on any atom is -0.380 e. The number of ether oxygens (including phenoxy) is 1. The van der Waals surface area contributed by atoms with Crippen molar-refractivity contribution in [1.29, 1.82) is 0 Å². The first kappa shape index (κ1) is 11.5. The van der Waals surface area contributed by atoms with E-state index in [4.69, 9.17) is 22.1 Å². The molecule has 0 amide bonds. The second-order valence-electron chi connectivity index (χ2n) is 3.42. The zero-order chi connectivity index (χ0) is 10.6. The number of benzene rings is 1. The van der Waals surface area contributed by atoms with E-state index in [9.17, 15) is 0 Å². The molecule has 0 saturated heterocycles. The number of rotatable bonds is 4. The lowest BCUT2D eigenvalue weighted by molar-refractivity contribution is 0.185. The zero-order valence-corrected chi connectivity index (χ0v) is 9.34. The quantitative estimate of drug-likeness (QED) is 0.835. The van der Waals surface area contributed by atoms with Crippen LogP contribution in [0.3, 0.4) is 0 Å². The number of hydrogen-bond acceptors (Lipinski definition) is 2. The van der Waals surface area contributed by atoms with Gasteiger partial charge in [-0.25, -0.2) is 0 Å². The van der Waals surface area contributed by atoms with Gasteiger partial charge in [-0.05, 0) is 29.7 Å². The first-order chi connectivity index (χ1) is 6.69. The Morgan fingerprint density at radius 3 is 2.71 bits per heavy atom. The highest BCUT2D eigenvalue weighted by Crippen LogP contribution is 2.22. The summed E-state index contributed by atoms with van der Waals surface area (Å²) in [5.41, 5.74) is 7.78. The van der Waals surface area contributed by atoms with Crippen LogP contribution in [0.1, 0.15) is 24.0 Å². The average molecular weight is 214 g/mol. The highest BCUT2D eigenvalue weighted by Gasteiger charge is 2.06. The predicted molar refractivity (Wildman–Crippen MR) is 59.6 cm³/mol. The SMILES string of the molecule is COCc1ccc(C(C)CN)cc1Cl. The molecule has 2 N–H and O–H groups in total. The minimum atomic E-state index is 0.351. The molecule has 1 aromatic carbocycles. The Bertz CT molecular complexity index is 301. The van der Waals surface area contributed by atoms with Gasteiger partial charge in [0.2, 0.25) is 0 Å². The van der Waals surface area contributed by atoms with Gasteiger partial charge in [0.1, 0.15) is 0 Å². The van der Waals surface area contributed by atoms with Crippen LogP contribution in [0.4, 0.5) is 0 Å². The second-order valence-corrected chi connectivity index (χ2v) is 3.83. The van der Waals surface area contributed by atoms with Gasteiger partial charge in [0.15, 0.2) is 0 Å². The Labute approximate surface area is 90.0 Å². The Kier molecular flexibility index (Phi) is 4.39. The van der Waals surface area contributed by atoms with Gasteiger partial charge in [-0.1, -0.05) is 30.7 Å². The zero-order valence-electron chi connectivity index (χ0n) is 8.59. The summed E-state index contributed by atoms with van der Waals surface area (Å²) in [5, 5.41) is 0.754. The Hall–Kier alpha value is -0.570. The van der Waals surface area contributed by atoms with Crippen molar-refractivity contribution in [1.82, 2.24) is 0 Å². The fourth-order valence-electron chi connectivity index (χ4n) is 1.28. The van der Waals surface area contributed by atoms with Crippen molar-refractivity contribution < 1.29 is 4.74 Å². The van der Waals surface area contributed by atoms with Crippen LogP contribution >= 0.6 is 11.6 Å². The van der Waals surface area contributed by atoms with Gasteiger partial charge in [-0.2, -0.15) is 0 Å². The maximum absolute atomic E-state index is 6.09. The van der Waals surface area contributed by atoms with E-state index in [0.29, 0.717) is 19.1 Å². The summed E-state index contributed by atoms with van der Waals surface area (Å²) in [5.74, 6) is 0.351. The van der Waals surface area contributed by atoms with Crippen LogP contribution in [0.5, 0.6) is 0 Å². The summed E-state index contributed by atoms with van der Waals surface area (Å²) >= 11 is 6.09. The third-order valence-corrected chi connectivity index (χ3v) is 2.65. The molecule has 0 aliphatic rings. The van der Waals surface area contributed by atoms with E-state index in [-0.39, 0.29) is 0 Å². The standard InChI is InChI=1S/C11H16ClNO/c1-8(6-13)9-3-4-10(7-14-2)11(12)5-9/h3-5,8H,6-7,13H2,1-2H3. The van der Waals surface area contributed by atoms with Gasteiger partial charge in [0.25, 0.3) is 0 Å². The molecule has 0 bridgehead atoms. The van der Waals surface area contributed by atoms with Crippen molar-refractivity contribution in [3.63, 3.8) is 0 Å². The van der Waals surface area contributed by atoms with Crippen LogP contribution in [-0.2, 0) is 11.3 Å². The van der Waals surface area contributed by atoms with Crippen molar-refractivity contribution in [2.24, 2.45) is 5.73 Å². The van der Waals surface area contributed by atoms with Gasteiger partial charge in [-0.3, -0.25) is 0 Å². The lowest BCUT2D eigenvalue weighted by Gasteiger charge is -2.11. The molecule has 2 nitrogen and oxygen atoms in total. The smallest absolute Gasteiger partial charge is 0.0727 e. The Morgan fingerprint density at radius 2 is 2.21 bits per heavy atom. The molecule has 0 heterocycles. The largest absolute Gasteiger partial charge is 0.380 e. The molecule has 0 aliphatic heterocycles. The normalized spacial score (nSPS) is 12.9. The summed E-state index contributed by atoms with van der Waals surface area (Å²) < 4.78 is 5.03. The van der Waals surface area contributed by atoms with Crippen molar-refractivity contribution >= 4 is 11.6 Å². The lowest BCUT2D eigenvalue weighted by atomic mass is 10.0. The van der Waals surface area contributed by atoms with Crippen molar-refractivity contribution in [3.8, 4) is 0 Å². The summed E-state index contributed by atoms with van der Waals surface area (Å²) in [6, 6.07) is 6.01. The van der Waals surface area contributed by atoms with Crippen molar-refractivity contribution in [2.75, 3.05) is 13.7 Å². The summed E-state index contributed by atoms with van der Waals surface area (Å²) in [6.45, 7) is 3.28. The van der Waals surface area contributed by atoms with Crippen LogP contribution in [0.25, 0.3) is 0 Å². The third kappa shape index (κ3) is 2.71. The molecule has 3 heteroatoms.